The van der Waals surface area contributed by atoms with E-state index in [9.17, 15) is 20.4 Å². The summed E-state index contributed by atoms with van der Waals surface area (Å²) in [7, 11) is 0. The molecule has 0 aliphatic carbocycles. The quantitative estimate of drug-likeness (QED) is 0.389. The van der Waals surface area contributed by atoms with Crippen molar-refractivity contribution in [2.45, 2.75) is 57.3 Å². The van der Waals surface area contributed by atoms with Crippen molar-refractivity contribution in [3.63, 3.8) is 0 Å². The first-order valence-electron chi connectivity index (χ1n) is 8.17. The van der Waals surface area contributed by atoms with E-state index in [4.69, 9.17) is 5.11 Å². The van der Waals surface area contributed by atoms with E-state index in [0.717, 1.165) is 16.8 Å². The zero-order chi connectivity index (χ0) is 18.9. The average molecular weight is 416 g/mol. The summed E-state index contributed by atoms with van der Waals surface area (Å²) >= 11 is 2.79. The van der Waals surface area contributed by atoms with Gasteiger partial charge in [-0.1, -0.05) is 0 Å². The topological polar surface area (TPSA) is 117 Å². The summed E-state index contributed by atoms with van der Waals surface area (Å²) in [6, 6.07) is 4.78. The van der Waals surface area contributed by atoms with Gasteiger partial charge in [-0.05, 0) is 0 Å². The molecule has 1 heterocycles. The van der Waals surface area contributed by atoms with E-state index in [2.05, 4.69) is 21.0 Å². The number of aliphatic hydroxyl groups excluding tert-OH is 5. The third kappa shape index (κ3) is 3.90. The maximum absolute atomic E-state index is 10.8. The monoisotopic (exact) mass is 417 g/mol. The molecule has 0 amide bonds. The first-order chi connectivity index (χ1) is 11.7. The van der Waals surface area contributed by atoms with Gasteiger partial charge in [-0.25, -0.2) is 0 Å². The van der Waals surface area contributed by atoms with Crippen molar-refractivity contribution >= 4 is 26.4 Å². The van der Waals surface area contributed by atoms with Gasteiger partial charge < -0.3 is 0 Å². The van der Waals surface area contributed by atoms with Crippen LogP contribution < -0.4 is 4.90 Å². The number of aryl methyl sites for hydroxylation is 1. The van der Waals surface area contributed by atoms with Crippen LogP contribution in [0.15, 0.2) is 23.2 Å². The van der Waals surface area contributed by atoms with Crippen LogP contribution in [0.25, 0.3) is 0 Å². The number of benzene rings is 1. The van der Waals surface area contributed by atoms with Gasteiger partial charge in [0.15, 0.2) is 0 Å². The summed E-state index contributed by atoms with van der Waals surface area (Å²) in [5, 5.41) is 49.5. The number of amidine groups is 1. The second-order valence-corrected chi connectivity index (χ2v) is 7.35. The van der Waals surface area contributed by atoms with Crippen LogP contribution in [0.4, 0.5) is 5.69 Å². The van der Waals surface area contributed by atoms with Crippen LogP contribution in [0.5, 0.6) is 0 Å². The molecule has 0 saturated heterocycles. The molecule has 1 radical (unpaired) electrons. The number of rotatable bonds is 6. The van der Waals surface area contributed by atoms with Crippen molar-refractivity contribution in [2.75, 3.05) is 11.5 Å². The summed E-state index contributed by atoms with van der Waals surface area (Å²) in [6.45, 7) is 5.32. The molecule has 7 nitrogen and oxygen atoms in total. The van der Waals surface area contributed by atoms with Gasteiger partial charge in [0.1, 0.15) is 0 Å². The molecule has 25 heavy (non-hydrogen) atoms. The van der Waals surface area contributed by atoms with Gasteiger partial charge in [0.05, 0.1) is 0 Å². The maximum atomic E-state index is 10.8. The number of hydrogen-bond donors (Lipinski definition) is 5. The summed E-state index contributed by atoms with van der Waals surface area (Å²) in [5.74, 6) is 0.209. The number of para-hydroxylation sites is 1. The Hall–Kier alpha value is -0.991. The Morgan fingerprint density at radius 2 is 1.88 bits per heavy atom. The molecule has 8 heteroatoms. The minimum absolute atomic E-state index is 0.209. The van der Waals surface area contributed by atoms with Crippen molar-refractivity contribution in [2.24, 2.45) is 4.99 Å². The zero-order valence-corrected chi connectivity index (χ0v) is 16.2. The van der Waals surface area contributed by atoms with Gasteiger partial charge in [0.25, 0.3) is 0 Å². The zero-order valence-electron chi connectivity index (χ0n) is 14.4. The second kappa shape index (κ2) is 8.14. The molecule has 0 bridgehead atoms. The molecule has 0 spiro atoms. The fraction of sp³-hybridized carbons (Fsp3) is 0.588. The molecule has 139 valence electrons. The predicted octanol–water partition coefficient (Wildman–Crippen LogP) is -0.775. The van der Waals surface area contributed by atoms with E-state index in [1.807, 2.05) is 39.0 Å². The molecular weight excluding hydrogens is 391 g/mol. The molecule has 2 rings (SSSR count). The molecule has 0 aromatic heterocycles. The fourth-order valence-corrected chi connectivity index (χ4v) is 3.69. The van der Waals surface area contributed by atoms with Crippen LogP contribution in [0.2, 0.25) is 0 Å². The third-order valence-electron chi connectivity index (χ3n) is 4.45. The Labute approximate surface area is 155 Å². The van der Waals surface area contributed by atoms with Gasteiger partial charge in [-0.2, -0.15) is 0 Å². The number of hydrogen-bond acceptors (Lipinski definition) is 7. The van der Waals surface area contributed by atoms with E-state index < -0.39 is 37.2 Å². The molecule has 0 fully saturated rings. The molecule has 1 aliphatic heterocycles. The second-order valence-electron chi connectivity index (χ2n) is 6.58. The third-order valence-corrected chi connectivity index (χ3v) is 5.08. The average Bonchev–Trinajstić information content (AvgIpc) is 2.87. The molecule has 1 aromatic rings. The first kappa shape index (κ1) is 20.3. The van der Waals surface area contributed by atoms with E-state index in [0.29, 0.717) is 4.73 Å². The fourth-order valence-electron chi connectivity index (χ4n) is 3.02. The molecule has 0 saturated carbocycles. The van der Waals surface area contributed by atoms with Crippen molar-refractivity contribution in [1.29, 1.82) is 0 Å². The van der Waals surface area contributed by atoms with Crippen LogP contribution >= 0.6 is 0 Å². The van der Waals surface area contributed by atoms with Crippen molar-refractivity contribution in [3.8, 4) is 0 Å². The van der Waals surface area contributed by atoms with Crippen molar-refractivity contribution < 1.29 is 25.5 Å². The molecule has 1 aromatic carbocycles. The standard InChI is InChI=1S/C17H25N2O5Se/c1-8(2)10-6-4-5-9(3)13(10)19-16(24)12(18-17(19)25)15(23)14(22)11(21)7-20/h4-6,8,11-12,14-16,20-24H,7H2,1-3H3/t11-,12-,14-,15-,16?/m1/s1. The Kier molecular flexibility index (Phi) is 6.62. The molecular formula is C17H25N2O5Se. The number of anilines is 1. The summed E-state index contributed by atoms with van der Waals surface area (Å²) in [4.78, 5) is 5.83. The van der Waals surface area contributed by atoms with Crippen LogP contribution in [0, 0.1) is 6.92 Å². The molecule has 1 unspecified atom stereocenters. The van der Waals surface area contributed by atoms with Gasteiger partial charge >= 0.3 is 155 Å². The SMILES string of the molecule is Cc1cccc(C(C)C)c1N1C([Se])=N[C@H]([C@@H](O)[C@H](O)[C@H](O)CO)C1O. The molecule has 1 aliphatic rings. The molecule has 5 atom stereocenters. The van der Waals surface area contributed by atoms with Crippen LogP contribution in [-0.4, -0.2) is 83.5 Å². The van der Waals surface area contributed by atoms with Crippen molar-refractivity contribution in [1.82, 2.24) is 0 Å². The van der Waals surface area contributed by atoms with Gasteiger partial charge in [0.2, 0.25) is 0 Å². The van der Waals surface area contributed by atoms with Gasteiger partial charge in [-0.3, -0.25) is 0 Å². The predicted molar refractivity (Wildman–Crippen MR) is 95.8 cm³/mol. The number of aliphatic imine (C=N–C) groups is 1. The number of nitrogens with zero attached hydrogens (tertiary/aromatic N) is 2. The summed E-state index contributed by atoms with van der Waals surface area (Å²) < 4.78 is 0.387. The van der Waals surface area contributed by atoms with E-state index in [1.165, 1.54) is 0 Å². The normalized spacial score (nSPS) is 24.4. The van der Waals surface area contributed by atoms with Gasteiger partial charge in [0, 0.05) is 0 Å². The summed E-state index contributed by atoms with van der Waals surface area (Å²) in [5.41, 5.74) is 2.77. The summed E-state index contributed by atoms with van der Waals surface area (Å²) in [6.07, 6.45) is -5.88. The van der Waals surface area contributed by atoms with Gasteiger partial charge in [-0.15, -0.1) is 0 Å². The van der Waals surface area contributed by atoms with E-state index in [-0.39, 0.29) is 5.92 Å². The minimum atomic E-state index is -1.62. The number of aliphatic hydroxyl groups is 5. The van der Waals surface area contributed by atoms with Crippen LogP contribution in [0.3, 0.4) is 0 Å². The Morgan fingerprint density at radius 3 is 2.44 bits per heavy atom. The van der Waals surface area contributed by atoms with E-state index >= 15 is 0 Å². The molecule has 5 N–H and O–H groups in total. The first-order valence-corrected chi connectivity index (χ1v) is 9.03. The van der Waals surface area contributed by atoms with Crippen molar-refractivity contribution in [3.05, 3.63) is 29.3 Å². The Morgan fingerprint density at radius 1 is 1.24 bits per heavy atom. The Bertz CT molecular complexity index is 639. The Balaban J connectivity index is 2.37. The van der Waals surface area contributed by atoms with Crippen LogP contribution in [0.1, 0.15) is 30.9 Å². The van der Waals surface area contributed by atoms with E-state index in [1.54, 1.807) is 4.90 Å². The van der Waals surface area contributed by atoms with Crippen LogP contribution in [-0.2, 0) is 0 Å².